The molecule has 4 aromatic rings. The van der Waals surface area contributed by atoms with Crippen LogP contribution in [0.25, 0.3) is 22.6 Å². The Morgan fingerprint density at radius 1 is 1.20 bits per heavy atom. The Bertz CT molecular complexity index is 1320. The van der Waals surface area contributed by atoms with Gasteiger partial charge in [0.15, 0.2) is 23.9 Å². The molecule has 0 aliphatic carbocycles. The van der Waals surface area contributed by atoms with E-state index in [0.29, 0.717) is 49.0 Å². The third kappa shape index (κ3) is 4.44. The fraction of sp³-hybridized carbons (Fsp3) is 0.304. The number of carbonyl (C=O) groups excluding carboxylic acids is 1. The van der Waals surface area contributed by atoms with E-state index in [1.807, 2.05) is 21.9 Å². The zero-order chi connectivity index (χ0) is 24.4. The van der Waals surface area contributed by atoms with E-state index in [2.05, 4.69) is 20.1 Å². The van der Waals surface area contributed by atoms with Gasteiger partial charge in [0.25, 0.3) is 0 Å². The van der Waals surface area contributed by atoms with Gasteiger partial charge in [-0.25, -0.2) is 23.4 Å². The first-order chi connectivity index (χ1) is 17.1. The van der Waals surface area contributed by atoms with Gasteiger partial charge >= 0.3 is 0 Å². The van der Waals surface area contributed by atoms with Crippen LogP contribution in [0, 0.1) is 5.82 Å². The smallest absolute Gasteiger partial charge is 0.162 e. The predicted octanol–water partition coefficient (Wildman–Crippen LogP) is 3.48. The van der Waals surface area contributed by atoms with E-state index in [1.165, 1.54) is 12.1 Å². The number of anilines is 1. The lowest BCUT2D eigenvalue weighted by Gasteiger charge is -2.38. The molecule has 0 bridgehead atoms. The lowest BCUT2D eigenvalue weighted by Crippen LogP contribution is -2.49. The van der Waals surface area contributed by atoms with Crippen LogP contribution in [0.5, 0.6) is 5.75 Å². The molecule has 3 aromatic heterocycles. The van der Waals surface area contributed by atoms with Crippen LogP contribution in [0.1, 0.15) is 6.17 Å². The number of carbonyl (C=O) groups is 1. The molecule has 1 aliphatic heterocycles. The molecule has 1 fully saturated rings. The third-order valence-electron chi connectivity index (χ3n) is 5.93. The Kier molecular flexibility index (Phi) is 6.60. The van der Waals surface area contributed by atoms with Crippen LogP contribution in [0.15, 0.2) is 42.9 Å². The molecule has 1 atom stereocenters. The van der Waals surface area contributed by atoms with Gasteiger partial charge in [-0.1, -0.05) is 11.6 Å². The first-order valence-electron chi connectivity index (χ1n) is 11.1. The van der Waals surface area contributed by atoms with E-state index in [9.17, 15) is 13.6 Å². The number of alkyl halides is 1. The minimum atomic E-state index is -0.697. The minimum Gasteiger partial charge on any atom is -0.489 e. The van der Waals surface area contributed by atoms with Gasteiger partial charge in [-0.15, -0.1) is 0 Å². The van der Waals surface area contributed by atoms with Gasteiger partial charge in [-0.05, 0) is 18.2 Å². The minimum absolute atomic E-state index is 0.0878. The number of H-pyrrole nitrogens is 1. The first-order valence-corrected chi connectivity index (χ1v) is 11.4. The van der Waals surface area contributed by atoms with Crippen LogP contribution in [0.3, 0.4) is 0 Å². The van der Waals surface area contributed by atoms with Crippen molar-refractivity contribution in [2.24, 2.45) is 0 Å². The van der Waals surface area contributed by atoms with Crippen LogP contribution < -0.4 is 9.64 Å². The maximum absolute atomic E-state index is 14.7. The highest BCUT2D eigenvalue weighted by atomic mass is 35.5. The molecule has 9 nitrogen and oxygen atoms in total. The number of imidazole rings is 1. The topological polar surface area (TPSA) is 92.2 Å². The highest BCUT2D eigenvalue weighted by molar-refractivity contribution is 6.32. The molecule has 0 radical (unpaired) electrons. The lowest BCUT2D eigenvalue weighted by molar-refractivity contribution is -0.115. The normalized spacial score (nSPS) is 15.5. The molecule has 5 rings (SSSR count). The van der Waals surface area contributed by atoms with Crippen molar-refractivity contribution in [1.82, 2.24) is 29.6 Å². The van der Waals surface area contributed by atoms with E-state index >= 15 is 0 Å². The average molecular weight is 502 g/mol. The molecule has 0 spiro atoms. The van der Waals surface area contributed by atoms with Gasteiger partial charge in [0.05, 0.1) is 16.1 Å². The highest BCUT2D eigenvalue weighted by Gasteiger charge is 2.29. The van der Waals surface area contributed by atoms with Gasteiger partial charge in [-0.2, -0.15) is 5.10 Å². The van der Waals surface area contributed by atoms with E-state index in [-0.39, 0.29) is 17.4 Å². The Morgan fingerprint density at radius 2 is 2.03 bits per heavy atom. The third-order valence-corrected chi connectivity index (χ3v) is 6.22. The molecule has 1 saturated heterocycles. The number of aldehydes is 1. The second-order valence-corrected chi connectivity index (χ2v) is 8.36. The number of nitrogens with zero attached hydrogens (tertiary/aromatic N) is 6. The number of aromatic amines is 1. The van der Waals surface area contributed by atoms with Crippen molar-refractivity contribution < 1.29 is 18.3 Å². The molecule has 0 saturated carbocycles. The maximum atomic E-state index is 14.7. The fourth-order valence-electron chi connectivity index (χ4n) is 4.27. The van der Waals surface area contributed by atoms with Crippen molar-refractivity contribution >= 4 is 34.6 Å². The number of hydrogen-bond acceptors (Lipinski definition) is 7. The molecule has 35 heavy (non-hydrogen) atoms. The Balaban J connectivity index is 1.38. The molecular formula is C23H22ClF2N7O2. The van der Waals surface area contributed by atoms with Crippen molar-refractivity contribution in [2.75, 3.05) is 44.4 Å². The quantitative estimate of drug-likeness (QED) is 0.369. The molecule has 1 unspecified atom stereocenters. The Morgan fingerprint density at radius 3 is 2.74 bits per heavy atom. The van der Waals surface area contributed by atoms with Gasteiger partial charge in [0, 0.05) is 50.8 Å². The van der Waals surface area contributed by atoms with Crippen LogP contribution >= 0.6 is 11.6 Å². The number of rotatable bonds is 8. The molecule has 4 heterocycles. The number of aromatic nitrogens is 5. The number of halogens is 3. The van der Waals surface area contributed by atoms with E-state index in [4.69, 9.17) is 16.3 Å². The summed E-state index contributed by atoms with van der Waals surface area (Å²) in [5.74, 6) is 0.321. The van der Waals surface area contributed by atoms with Crippen molar-refractivity contribution in [3.05, 3.63) is 53.7 Å². The number of hydrogen-bond donors (Lipinski definition) is 1. The number of ether oxygens (including phenoxy) is 1. The predicted molar refractivity (Wildman–Crippen MR) is 127 cm³/mol. The highest BCUT2D eigenvalue weighted by Crippen LogP contribution is 2.34. The summed E-state index contributed by atoms with van der Waals surface area (Å²) < 4.78 is 34.1. The summed E-state index contributed by atoms with van der Waals surface area (Å²) >= 11 is 6.04. The van der Waals surface area contributed by atoms with Crippen LogP contribution in [-0.4, -0.2) is 75.4 Å². The zero-order valence-electron chi connectivity index (χ0n) is 18.6. The summed E-state index contributed by atoms with van der Waals surface area (Å²) in [6.07, 6.45) is 5.12. The second kappa shape index (κ2) is 9.96. The molecule has 0 amide bonds. The lowest BCUT2D eigenvalue weighted by atomic mass is 10.2. The van der Waals surface area contributed by atoms with Gasteiger partial charge in [-0.3, -0.25) is 9.69 Å². The van der Waals surface area contributed by atoms with E-state index in [1.54, 1.807) is 23.3 Å². The summed E-state index contributed by atoms with van der Waals surface area (Å²) in [6, 6.07) is 6.35. The summed E-state index contributed by atoms with van der Waals surface area (Å²) in [5, 5.41) is 5.53. The molecule has 1 aromatic carbocycles. The fourth-order valence-corrected chi connectivity index (χ4v) is 4.48. The molecule has 182 valence electrons. The number of fused-ring (bicyclic) bond motifs is 1. The van der Waals surface area contributed by atoms with Crippen molar-refractivity contribution in [3.8, 4) is 17.3 Å². The van der Waals surface area contributed by atoms with Crippen molar-refractivity contribution in [3.63, 3.8) is 0 Å². The van der Waals surface area contributed by atoms with Crippen molar-refractivity contribution in [2.45, 2.75) is 6.17 Å². The number of nitrogens with one attached hydrogen (secondary N) is 1. The number of pyridine rings is 1. The summed E-state index contributed by atoms with van der Waals surface area (Å²) in [4.78, 5) is 27.8. The van der Waals surface area contributed by atoms with Gasteiger partial charge in [0.2, 0.25) is 0 Å². The second-order valence-electron chi connectivity index (χ2n) is 7.95. The number of piperazine rings is 1. The molecule has 1 aliphatic rings. The van der Waals surface area contributed by atoms with Gasteiger partial charge < -0.3 is 14.6 Å². The van der Waals surface area contributed by atoms with Gasteiger partial charge in [0.1, 0.15) is 30.5 Å². The van der Waals surface area contributed by atoms with E-state index in [0.717, 1.165) is 11.7 Å². The number of benzene rings is 1. The Labute approximate surface area is 204 Å². The summed E-state index contributed by atoms with van der Waals surface area (Å²) in [7, 11) is 0. The zero-order valence-corrected chi connectivity index (χ0v) is 19.3. The summed E-state index contributed by atoms with van der Waals surface area (Å²) in [5.41, 5.74) is 1.49. The standard InChI is InChI=1S/C23H22ClF2N7O2/c24-16-12-17(26)18(13-19(16)35-11-3-25)31-7-9-32(10-8-31)20(14-34)33-23-15(2-1-4-29-23)21(30-33)22-27-5-6-28-22/h1-2,4-6,12-14,20H,3,7-11H2,(H,27,28). The van der Waals surface area contributed by atoms with Crippen molar-refractivity contribution in [1.29, 1.82) is 0 Å². The first kappa shape index (κ1) is 23.2. The molecule has 12 heteroatoms. The summed E-state index contributed by atoms with van der Waals surface area (Å²) in [6.45, 7) is 0.998. The SMILES string of the molecule is O=CC(N1CCN(c2cc(OCCF)c(Cl)cc2F)CC1)n1nc(-c2ncc[nH]2)c2cccnc21. The largest absolute Gasteiger partial charge is 0.489 e. The average Bonchev–Trinajstić information content (AvgIpc) is 3.53. The van der Waals surface area contributed by atoms with Crippen LogP contribution in [0.2, 0.25) is 5.02 Å². The molecule has 1 N–H and O–H groups in total. The van der Waals surface area contributed by atoms with Crippen LogP contribution in [0.4, 0.5) is 14.5 Å². The maximum Gasteiger partial charge on any atom is 0.162 e. The molecular weight excluding hydrogens is 480 g/mol. The van der Waals surface area contributed by atoms with Crippen LogP contribution in [-0.2, 0) is 4.79 Å². The van der Waals surface area contributed by atoms with E-state index < -0.39 is 18.7 Å². The monoisotopic (exact) mass is 501 g/mol. The Hall–Kier alpha value is -3.57.